The Morgan fingerprint density at radius 3 is 2.75 bits per heavy atom. The Hall–Kier alpha value is -0.900. The zero-order valence-corrected chi connectivity index (χ0v) is 12.3. The van der Waals surface area contributed by atoms with Crippen molar-refractivity contribution >= 4 is 0 Å². The molecule has 0 amide bonds. The molecule has 2 fully saturated rings. The second-order valence-corrected chi connectivity index (χ2v) is 6.00. The van der Waals surface area contributed by atoms with Crippen molar-refractivity contribution in [2.24, 2.45) is 0 Å². The fourth-order valence-corrected chi connectivity index (χ4v) is 3.33. The summed E-state index contributed by atoms with van der Waals surface area (Å²) in [4.78, 5) is 2.53. The van der Waals surface area contributed by atoms with Crippen LogP contribution in [0.15, 0.2) is 30.3 Å². The van der Waals surface area contributed by atoms with Crippen molar-refractivity contribution < 1.29 is 4.74 Å². The van der Waals surface area contributed by atoms with Crippen LogP contribution in [0.2, 0.25) is 0 Å². The van der Waals surface area contributed by atoms with Crippen molar-refractivity contribution in [3.05, 3.63) is 35.9 Å². The molecule has 110 valence electrons. The molecule has 1 saturated carbocycles. The van der Waals surface area contributed by atoms with Crippen LogP contribution >= 0.6 is 0 Å². The first-order valence-electron chi connectivity index (χ1n) is 8.04. The van der Waals surface area contributed by atoms with Crippen molar-refractivity contribution in [3.8, 4) is 0 Å². The minimum absolute atomic E-state index is 0.469. The SMILES string of the molecule is c1ccc(C2CN(CCOC3CCCC3)CCN2)cc1. The molecule has 20 heavy (non-hydrogen) atoms. The number of ether oxygens (including phenoxy) is 1. The normalized spacial score (nSPS) is 25.1. The Kier molecular flexibility index (Phi) is 5.06. The molecule has 1 heterocycles. The predicted molar refractivity (Wildman–Crippen MR) is 81.8 cm³/mol. The summed E-state index contributed by atoms with van der Waals surface area (Å²) in [6, 6.07) is 11.2. The quantitative estimate of drug-likeness (QED) is 0.893. The third-order valence-corrected chi connectivity index (χ3v) is 4.52. The number of nitrogens with zero attached hydrogens (tertiary/aromatic N) is 1. The lowest BCUT2D eigenvalue weighted by Crippen LogP contribution is -2.46. The van der Waals surface area contributed by atoms with E-state index in [0.29, 0.717) is 12.1 Å². The van der Waals surface area contributed by atoms with Crippen LogP contribution in [0.25, 0.3) is 0 Å². The van der Waals surface area contributed by atoms with E-state index in [9.17, 15) is 0 Å². The highest BCUT2D eigenvalue weighted by Gasteiger charge is 2.21. The molecule has 3 heteroatoms. The third kappa shape index (κ3) is 3.81. The molecule has 3 nitrogen and oxygen atoms in total. The molecule has 0 bridgehead atoms. The van der Waals surface area contributed by atoms with Gasteiger partial charge in [-0.1, -0.05) is 43.2 Å². The highest BCUT2D eigenvalue weighted by molar-refractivity contribution is 5.19. The van der Waals surface area contributed by atoms with Crippen LogP contribution in [0.3, 0.4) is 0 Å². The van der Waals surface area contributed by atoms with E-state index in [-0.39, 0.29) is 0 Å². The lowest BCUT2D eigenvalue weighted by atomic mass is 10.0. The van der Waals surface area contributed by atoms with Gasteiger partial charge in [-0.15, -0.1) is 0 Å². The molecule has 1 unspecified atom stereocenters. The monoisotopic (exact) mass is 274 g/mol. The first-order chi connectivity index (χ1) is 9.92. The van der Waals surface area contributed by atoms with E-state index >= 15 is 0 Å². The van der Waals surface area contributed by atoms with Crippen molar-refractivity contribution in [2.75, 3.05) is 32.8 Å². The topological polar surface area (TPSA) is 24.5 Å². The maximum atomic E-state index is 5.98. The summed E-state index contributed by atoms with van der Waals surface area (Å²) in [5, 5.41) is 3.61. The van der Waals surface area contributed by atoms with Gasteiger partial charge in [0.2, 0.25) is 0 Å². The van der Waals surface area contributed by atoms with E-state index in [2.05, 4.69) is 40.5 Å². The minimum Gasteiger partial charge on any atom is -0.377 e. The smallest absolute Gasteiger partial charge is 0.0597 e. The Labute approximate surface area is 122 Å². The molecule has 1 aromatic rings. The molecule has 2 aliphatic rings. The van der Waals surface area contributed by atoms with Gasteiger partial charge < -0.3 is 10.1 Å². The Bertz CT molecular complexity index is 389. The van der Waals surface area contributed by atoms with Crippen LogP contribution in [0.1, 0.15) is 37.3 Å². The molecular weight excluding hydrogens is 248 g/mol. The molecule has 1 aliphatic heterocycles. The number of hydrogen-bond donors (Lipinski definition) is 1. The molecule has 1 N–H and O–H groups in total. The minimum atomic E-state index is 0.469. The van der Waals surface area contributed by atoms with Crippen LogP contribution < -0.4 is 5.32 Å². The summed E-state index contributed by atoms with van der Waals surface area (Å²) in [6.07, 6.45) is 5.80. The lowest BCUT2D eigenvalue weighted by Gasteiger charge is -2.34. The van der Waals surface area contributed by atoms with E-state index in [4.69, 9.17) is 4.74 Å². The van der Waals surface area contributed by atoms with Gasteiger partial charge in [-0.2, -0.15) is 0 Å². The highest BCUT2D eigenvalue weighted by atomic mass is 16.5. The highest BCUT2D eigenvalue weighted by Crippen LogP contribution is 2.21. The molecule has 1 atom stereocenters. The van der Waals surface area contributed by atoms with Gasteiger partial charge in [-0.05, 0) is 18.4 Å². The molecule has 1 aromatic carbocycles. The van der Waals surface area contributed by atoms with Gasteiger partial charge in [-0.25, -0.2) is 0 Å². The van der Waals surface area contributed by atoms with E-state index in [0.717, 1.165) is 32.8 Å². The van der Waals surface area contributed by atoms with E-state index in [1.54, 1.807) is 0 Å². The number of nitrogens with one attached hydrogen (secondary N) is 1. The number of hydrogen-bond acceptors (Lipinski definition) is 3. The van der Waals surface area contributed by atoms with Gasteiger partial charge in [0.25, 0.3) is 0 Å². The third-order valence-electron chi connectivity index (χ3n) is 4.52. The summed E-state index contributed by atoms with van der Waals surface area (Å²) in [5.74, 6) is 0. The molecule has 0 aromatic heterocycles. The predicted octanol–water partition coefficient (Wildman–Crippen LogP) is 2.59. The van der Waals surface area contributed by atoms with Crippen molar-refractivity contribution in [1.29, 1.82) is 0 Å². The Morgan fingerprint density at radius 2 is 1.95 bits per heavy atom. The van der Waals surface area contributed by atoms with Crippen molar-refractivity contribution in [3.63, 3.8) is 0 Å². The largest absolute Gasteiger partial charge is 0.377 e. The first kappa shape index (κ1) is 14.1. The first-order valence-corrected chi connectivity index (χ1v) is 8.04. The maximum Gasteiger partial charge on any atom is 0.0597 e. The van der Waals surface area contributed by atoms with Gasteiger partial charge in [0.1, 0.15) is 0 Å². The van der Waals surface area contributed by atoms with Gasteiger partial charge in [0.05, 0.1) is 12.7 Å². The Balaban J connectivity index is 1.43. The van der Waals surface area contributed by atoms with Crippen molar-refractivity contribution in [1.82, 2.24) is 10.2 Å². The second-order valence-electron chi connectivity index (χ2n) is 6.00. The van der Waals surface area contributed by atoms with Gasteiger partial charge in [0, 0.05) is 32.2 Å². The van der Waals surface area contributed by atoms with E-state index < -0.39 is 0 Å². The van der Waals surface area contributed by atoms with Crippen LogP contribution in [-0.4, -0.2) is 43.8 Å². The Morgan fingerprint density at radius 1 is 1.15 bits per heavy atom. The van der Waals surface area contributed by atoms with Crippen LogP contribution in [0.4, 0.5) is 0 Å². The molecule has 0 radical (unpaired) electrons. The van der Waals surface area contributed by atoms with Crippen LogP contribution in [-0.2, 0) is 4.74 Å². The van der Waals surface area contributed by atoms with Crippen LogP contribution in [0.5, 0.6) is 0 Å². The van der Waals surface area contributed by atoms with Crippen LogP contribution in [0, 0.1) is 0 Å². The molecule has 3 rings (SSSR count). The molecule has 1 aliphatic carbocycles. The summed E-state index contributed by atoms with van der Waals surface area (Å²) in [6.45, 7) is 5.27. The number of rotatable bonds is 5. The maximum absolute atomic E-state index is 5.98. The van der Waals surface area contributed by atoms with Crippen molar-refractivity contribution in [2.45, 2.75) is 37.8 Å². The summed E-state index contributed by atoms with van der Waals surface area (Å²) >= 11 is 0. The number of piperazine rings is 1. The summed E-state index contributed by atoms with van der Waals surface area (Å²) in [5.41, 5.74) is 1.40. The van der Waals surface area contributed by atoms with Gasteiger partial charge >= 0.3 is 0 Å². The fourth-order valence-electron chi connectivity index (χ4n) is 3.33. The second kappa shape index (κ2) is 7.21. The number of benzene rings is 1. The summed E-state index contributed by atoms with van der Waals surface area (Å²) < 4.78 is 5.98. The van der Waals surface area contributed by atoms with Gasteiger partial charge in [-0.3, -0.25) is 4.90 Å². The zero-order chi connectivity index (χ0) is 13.6. The van der Waals surface area contributed by atoms with E-state index in [1.165, 1.54) is 31.2 Å². The average Bonchev–Trinajstić information content (AvgIpc) is 3.02. The zero-order valence-electron chi connectivity index (χ0n) is 12.3. The van der Waals surface area contributed by atoms with E-state index in [1.807, 2.05) is 0 Å². The summed E-state index contributed by atoms with van der Waals surface area (Å²) in [7, 11) is 0. The molecule has 0 spiro atoms. The lowest BCUT2D eigenvalue weighted by molar-refractivity contribution is 0.0367. The molecular formula is C17H26N2O. The average molecular weight is 274 g/mol. The molecule has 1 saturated heterocycles. The fraction of sp³-hybridized carbons (Fsp3) is 0.647. The van der Waals surface area contributed by atoms with Gasteiger partial charge in [0.15, 0.2) is 0 Å². The standard InChI is InChI=1S/C17H26N2O/c1-2-6-15(7-3-1)17-14-19(11-10-18-17)12-13-20-16-8-4-5-9-16/h1-3,6-7,16-18H,4-5,8-14H2.